The highest BCUT2D eigenvalue weighted by Crippen LogP contribution is 2.42. The lowest BCUT2D eigenvalue weighted by molar-refractivity contribution is -0.123. The minimum atomic E-state index is 0.0755. The first-order valence-electron chi connectivity index (χ1n) is 8.85. The fourth-order valence-corrected chi connectivity index (χ4v) is 4.50. The molecule has 4 nitrogen and oxygen atoms in total. The van der Waals surface area contributed by atoms with Crippen LogP contribution in [0.15, 0.2) is 24.3 Å². The summed E-state index contributed by atoms with van der Waals surface area (Å²) in [5, 5.41) is 4.03. The summed E-state index contributed by atoms with van der Waals surface area (Å²) in [5.74, 6) is 0.581. The van der Waals surface area contributed by atoms with Gasteiger partial charge in [0.25, 0.3) is 0 Å². The summed E-state index contributed by atoms with van der Waals surface area (Å²) in [5.41, 5.74) is 1.17. The van der Waals surface area contributed by atoms with Crippen molar-refractivity contribution in [2.45, 2.75) is 43.8 Å². The molecule has 2 aliphatic heterocycles. The van der Waals surface area contributed by atoms with Crippen molar-refractivity contribution in [3.05, 3.63) is 34.9 Å². The molecular formula is C19H28ClN3O. The zero-order valence-corrected chi connectivity index (χ0v) is 15.6. The first-order valence-corrected chi connectivity index (χ1v) is 9.23. The highest BCUT2D eigenvalue weighted by atomic mass is 35.5. The van der Waals surface area contributed by atoms with E-state index in [4.69, 9.17) is 11.6 Å². The summed E-state index contributed by atoms with van der Waals surface area (Å²) in [6.07, 6.45) is 4.89. The lowest BCUT2D eigenvalue weighted by Crippen LogP contribution is -2.46. The van der Waals surface area contributed by atoms with Gasteiger partial charge in [-0.05, 0) is 70.4 Å². The van der Waals surface area contributed by atoms with Gasteiger partial charge >= 0.3 is 0 Å². The van der Waals surface area contributed by atoms with Crippen LogP contribution in [0.5, 0.6) is 0 Å². The SMILES string of the molecule is CN(C)CC(=O)NC(c1ccc(Cl)cc1)C1CC2CCC(C1)N2C. The third kappa shape index (κ3) is 3.93. The molecule has 1 amide bonds. The maximum atomic E-state index is 12.4. The van der Waals surface area contributed by atoms with Crippen LogP contribution in [0.4, 0.5) is 0 Å². The summed E-state index contributed by atoms with van der Waals surface area (Å²) >= 11 is 6.05. The molecule has 2 fully saturated rings. The number of amides is 1. The zero-order valence-electron chi connectivity index (χ0n) is 14.8. The van der Waals surface area contributed by atoms with Crippen LogP contribution >= 0.6 is 11.6 Å². The summed E-state index contributed by atoms with van der Waals surface area (Å²) in [7, 11) is 6.10. The Morgan fingerprint density at radius 1 is 1.25 bits per heavy atom. The fourth-order valence-electron chi connectivity index (χ4n) is 4.38. The van der Waals surface area contributed by atoms with E-state index in [1.165, 1.54) is 18.4 Å². The van der Waals surface area contributed by atoms with Gasteiger partial charge in [-0.2, -0.15) is 0 Å². The van der Waals surface area contributed by atoms with Gasteiger partial charge in [0.2, 0.25) is 5.91 Å². The third-order valence-corrected chi connectivity index (χ3v) is 5.86. The molecule has 2 saturated heterocycles. The van der Waals surface area contributed by atoms with Crippen LogP contribution in [-0.2, 0) is 4.79 Å². The van der Waals surface area contributed by atoms with Crippen LogP contribution in [0.25, 0.3) is 0 Å². The first-order chi connectivity index (χ1) is 11.4. The summed E-state index contributed by atoms with van der Waals surface area (Å²) in [6, 6.07) is 9.36. The van der Waals surface area contributed by atoms with Gasteiger partial charge in [-0.1, -0.05) is 23.7 Å². The minimum Gasteiger partial charge on any atom is -0.348 e. The molecule has 5 heteroatoms. The average molecular weight is 350 g/mol. The molecule has 1 N–H and O–H groups in total. The number of rotatable bonds is 5. The molecule has 0 saturated carbocycles. The predicted octanol–water partition coefficient (Wildman–Crippen LogP) is 2.93. The second-order valence-electron chi connectivity index (χ2n) is 7.62. The standard InChI is InChI=1S/C19H28ClN3O/c1-22(2)12-18(24)21-19(13-4-6-15(20)7-5-13)14-10-16-8-9-17(11-14)23(16)3/h4-7,14,16-17,19H,8-12H2,1-3H3,(H,21,24). The number of halogens is 1. The lowest BCUT2D eigenvalue weighted by atomic mass is 9.82. The number of nitrogens with one attached hydrogen (secondary N) is 1. The minimum absolute atomic E-state index is 0.0755. The smallest absolute Gasteiger partial charge is 0.234 e. The molecule has 0 aromatic heterocycles. The number of likely N-dealkylation sites (N-methyl/N-ethyl adjacent to an activating group) is 1. The van der Waals surface area contributed by atoms with Gasteiger partial charge in [-0.25, -0.2) is 0 Å². The Labute approximate surface area is 150 Å². The van der Waals surface area contributed by atoms with Crippen molar-refractivity contribution in [2.24, 2.45) is 5.92 Å². The highest BCUT2D eigenvalue weighted by molar-refractivity contribution is 6.30. The van der Waals surface area contributed by atoms with Gasteiger partial charge in [0.15, 0.2) is 0 Å². The van der Waals surface area contributed by atoms with E-state index in [9.17, 15) is 4.79 Å². The second kappa shape index (κ2) is 7.42. The van der Waals surface area contributed by atoms with E-state index in [1.807, 2.05) is 31.1 Å². The summed E-state index contributed by atoms with van der Waals surface area (Å²) in [4.78, 5) is 16.8. The molecule has 2 bridgehead atoms. The second-order valence-corrected chi connectivity index (χ2v) is 8.05. The van der Waals surface area contributed by atoms with E-state index < -0.39 is 0 Å². The van der Waals surface area contributed by atoms with Crippen LogP contribution in [0.2, 0.25) is 5.02 Å². The molecule has 3 atom stereocenters. The van der Waals surface area contributed by atoms with Gasteiger partial charge < -0.3 is 15.1 Å². The maximum Gasteiger partial charge on any atom is 0.234 e. The number of carbonyl (C=O) groups excluding carboxylic acids is 1. The molecule has 0 radical (unpaired) electrons. The lowest BCUT2D eigenvalue weighted by Gasteiger charge is -2.40. The molecule has 24 heavy (non-hydrogen) atoms. The Morgan fingerprint density at radius 2 is 1.83 bits per heavy atom. The number of carbonyl (C=O) groups is 1. The quantitative estimate of drug-likeness (QED) is 0.887. The molecule has 1 aromatic carbocycles. The Bertz CT molecular complexity index is 560. The van der Waals surface area contributed by atoms with E-state index in [0.717, 1.165) is 17.9 Å². The van der Waals surface area contributed by atoms with E-state index in [2.05, 4.69) is 29.4 Å². The number of benzene rings is 1. The average Bonchev–Trinajstić information content (AvgIpc) is 2.74. The fraction of sp³-hybridized carbons (Fsp3) is 0.632. The van der Waals surface area contributed by atoms with Crippen molar-refractivity contribution >= 4 is 17.5 Å². The topological polar surface area (TPSA) is 35.6 Å². The Morgan fingerprint density at radius 3 is 2.38 bits per heavy atom. The number of fused-ring (bicyclic) bond motifs is 2. The maximum absolute atomic E-state index is 12.4. The highest BCUT2D eigenvalue weighted by Gasteiger charge is 2.41. The summed E-state index contributed by atoms with van der Waals surface area (Å²) in [6.45, 7) is 0.420. The van der Waals surface area contributed by atoms with Gasteiger partial charge in [0, 0.05) is 17.1 Å². The molecule has 1 aromatic rings. The largest absolute Gasteiger partial charge is 0.348 e. The first kappa shape index (κ1) is 17.7. The summed E-state index contributed by atoms with van der Waals surface area (Å²) < 4.78 is 0. The van der Waals surface area contributed by atoms with Crippen molar-refractivity contribution in [1.29, 1.82) is 0 Å². The molecular weight excluding hydrogens is 322 g/mol. The zero-order chi connectivity index (χ0) is 17.3. The van der Waals surface area contributed by atoms with Crippen LogP contribution in [0.1, 0.15) is 37.3 Å². The van der Waals surface area contributed by atoms with Gasteiger partial charge in [0.05, 0.1) is 12.6 Å². The molecule has 132 valence electrons. The van der Waals surface area contributed by atoms with Crippen molar-refractivity contribution in [2.75, 3.05) is 27.7 Å². The molecule has 3 unspecified atom stereocenters. The van der Waals surface area contributed by atoms with E-state index in [-0.39, 0.29) is 11.9 Å². The van der Waals surface area contributed by atoms with Gasteiger partial charge in [-0.15, -0.1) is 0 Å². The van der Waals surface area contributed by atoms with Crippen molar-refractivity contribution < 1.29 is 4.79 Å². The van der Waals surface area contributed by atoms with Crippen LogP contribution in [-0.4, -0.2) is 55.5 Å². The number of piperidine rings is 1. The molecule has 2 aliphatic rings. The predicted molar refractivity (Wildman–Crippen MR) is 98.2 cm³/mol. The van der Waals surface area contributed by atoms with Crippen LogP contribution in [0, 0.1) is 5.92 Å². The van der Waals surface area contributed by atoms with E-state index >= 15 is 0 Å². The Hall–Kier alpha value is -1.10. The Kier molecular flexibility index (Phi) is 5.48. The van der Waals surface area contributed by atoms with Crippen molar-refractivity contribution in [3.8, 4) is 0 Å². The normalized spacial score (nSPS) is 28.1. The van der Waals surface area contributed by atoms with Gasteiger partial charge in [-0.3, -0.25) is 4.79 Å². The number of hydrogen-bond acceptors (Lipinski definition) is 3. The van der Waals surface area contributed by atoms with Crippen molar-refractivity contribution in [3.63, 3.8) is 0 Å². The molecule has 0 aliphatic carbocycles. The molecule has 2 heterocycles. The van der Waals surface area contributed by atoms with Crippen LogP contribution < -0.4 is 5.32 Å². The van der Waals surface area contributed by atoms with E-state index in [1.54, 1.807) is 0 Å². The van der Waals surface area contributed by atoms with Crippen molar-refractivity contribution in [1.82, 2.24) is 15.1 Å². The number of nitrogens with zero attached hydrogens (tertiary/aromatic N) is 2. The molecule has 3 rings (SSSR count). The van der Waals surface area contributed by atoms with E-state index in [0.29, 0.717) is 24.5 Å². The third-order valence-electron chi connectivity index (χ3n) is 5.61. The molecule has 0 spiro atoms. The number of hydrogen-bond donors (Lipinski definition) is 1. The monoisotopic (exact) mass is 349 g/mol. The van der Waals surface area contributed by atoms with Gasteiger partial charge in [0.1, 0.15) is 0 Å². The van der Waals surface area contributed by atoms with Crippen LogP contribution in [0.3, 0.4) is 0 Å². The Balaban J connectivity index is 1.79.